The van der Waals surface area contributed by atoms with E-state index >= 15 is 0 Å². The predicted octanol–water partition coefficient (Wildman–Crippen LogP) is 3.08. The average molecular weight is 322 g/mol. The first-order chi connectivity index (χ1) is 9.85. The normalized spacial score (nSPS) is 12.6. The van der Waals surface area contributed by atoms with Crippen LogP contribution >= 0.6 is 11.6 Å². The van der Waals surface area contributed by atoms with Crippen molar-refractivity contribution in [2.75, 3.05) is 6.61 Å². The number of ether oxygens (including phenoxy) is 1. The minimum atomic E-state index is -3.03. The number of aliphatic hydroxyl groups excluding tert-OH is 1. The van der Waals surface area contributed by atoms with Crippen molar-refractivity contribution in [3.05, 3.63) is 28.8 Å². The van der Waals surface area contributed by atoms with Crippen molar-refractivity contribution < 1.29 is 23.4 Å². The van der Waals surface area contributed by atoms with Gasteiger partial charge in [-0.1, -0.05) is 25.4 Å². The third-order valence-electron chi connectivity index (χ3n) is 2.96. The van der Waals surface area contributed by atoms with Gasteiger partial charge in [-0.25, -0.2) is 0 Å². The number of hydrogen-bond donors (Lipinski definition) is 2. The van der Waals surface area contributed by atoms with Gasteiger partial charge in [-0.3, -0.25) is 4.79 Å². The minimum absolute atomic E-state index is 0.0635. The van der Waals surface area contributed by atoms with E-state index in [-0.39, 0.29) is 34.9 Å². The topological polar surface area (TPSA) is 58.6 Å². The number of carbonyl (C=O) groups is 1. The predicted molar refractivity (Wildman–Crippen MR) is 75.9 cm³/mol. The van der Waals surface area contributed by atoms with Crippen LogP contribution in [-0.4, -0.2) is 30.3 Å². The van der Waals surface area contributed by atoms with Crippen LogP contribution in [0.15, 0.2) is 18.2 Å². The number of rotatable bonds is 7. The second kappa shape index (κ2) is 8.14. The molecule has 1 aromatic rings. The van der Waals surface area contributed by atoms with Gasteiger partial charge in [0.25, 0.3) is 5.91 Å². The van der Waals surface area contributed by atoms with E-state index in [0.717, 1.165) is 0 Å². The van der Waals surface area contributed by atoms with Gasteiger partial charge in [-0.15, -0.1) is 0 Å². The van der Waals surface area contributed by atoms with E-state index in [1.54, 1.807) is 0 Å². The lowest BCUT2D eigenvalue weighted by Crippen LogP contribution is -2.39. The summed E-state index contributed by atoms with van der Waals surface area (Å²) in [5, 5.41) is 11.9. The van der Waals surface area contributed by atoms with Gasteiger partial charge in [-0.05, 0) is 30.5 Å². The van der Waals surface area contributed by atoms with Crippen molar-refractivity contribution in [1.82, 2.24) is 5.32 Å². The van der Waals surface area contributed by atoms with E-state index in [1.165, 1.54) is 18.2 Å². The third kappa shape index (κ3) is 5.47. The number of nitrogens with one attached hydrogen (secondary N) is 1. The van der Waals surface area contributed by atoms with E-state index in [0.29, 0.717) is 6.42 Å². The molecular weight excluding hydrogens is 304 g/mol. The number of halogens is 3. The molecule has 1 atom stereocenters. The number of hydrogen-bond acceptors (Lipinski definition) is 3. The molecule has 7 heteroatoms. The molecule has 1 unspecified atom stereocenters. The molecule has 1 aromatic carbocycles. The zero-order valence-electron chi connectivity index (χ0n) is 11.8. The molecule has 0 aromatic heterocycles. The Morgan fingerprint density at radius 2 is 2.10 bits per heavy atom. The van der Waals surface area contributed by atoms with E-state index in [2.05, 4.69) is 10.1 Å². The molecule has 0 saturated heterocycles. The summed E-state index contributed by atoms with van der Waals surface area (Å²) in [7, 11) is 0. The SMILES string of the molecule is CC(C)C(CCO)NC(=O)c1cc(Cl)ccc1OC(F)F. The number of aliphatic hydroxyl groups is 1. The first kappa shape index (κ1) is 17.7. The maximum Gasteiger partial charge on any atom is 0.387 e. The lowest BCUT2D eigenvalue weighted by molar-refractivity contribution is -0.0501. The van der Waals surface area contributed by atoms with Crippen LogP contribution in [0, 0.1) is 5.92 Å². The summed E-state index contributed by atoms with van der Waals surface area (Å²) in [6, 6.07) is 3.58. The van der Waals surface area contributed by atoms with Crippen LogP contribution in [0.25, 0.3) is 0 Å². The molecule has 0 aliphatic rings. The highest BCUT2D eigenvalue weighted by Crippen LogP contribution is 2.25. The molecule has 4 nitrogen and oxygen atoms in total. The van der Waals surface area contributed by atoms with Crippen LogP contribution in [0.5, 0.6) is 5.75 Å². The summed E-state index contributed by atoms with van der Waals surface area (Å²) >= 11 is 5.79. The Bertz CT molecular complexity index is 483. The van der Waals surface area contributed by atoms with Crippen LogP contribution in [0.4, 0.5) is 8.78 Å². The molecule has 1 rings (SSSR count). The van der Waals surface area contributed by atoms with Crippen molar-refractivity contribution in [2.24, 2.45) is 5.92 Å². The van der Waals surface area contributed by atoms with Gasteiger partial charge in [-0.2, -0.15) is 8.78 Å². The largest absolute Gasteiger partial charge is 0.434 e. The van der Waals surface area contributed by atoms with Crippen molar-refractivity contribution >= 4 is 17.5 Å². The molecule has 21 heavy (non-hydrogen) atoms. The second-order valence-electron chi connectivity index (χ2n) is 4.86. The molecule has 118 valence electrons. The summed E-state index contributed by atoms with van der Waals surface area (Å²) < 4.78 is 29.0. The summed E-state index contributed by atoms with van der Waals surface area (Å²) in [4.78, 5) is 12.2. The summed E-state index contributed by atoms with van der Waals surface area (Å²) in [6.45, 7) is 0.652. The molecule has 0 radical (unpaired) electrons. The van der Waals surface area contributed by atoms with E-state index in [9.17, 15) is 13.6 Å². The third-order valence-corrected chi connectivity index (χ3v) is 3.20. The molecule has 1 amide bonds. The van der Waals surface area contributed by atoms with Gasteiger partial charge in [0.15, 0.2) is 0 Å². The van der Waals surface area contributed by atoms with Gasteiger partial charge in [0.05, 0.1) is 5.56 Å². The van der Waals surface area contributed by atoms with E-state index < -0.39 is 12.5 Å². The molecule has 0 saturated carbocycles. The molecule has 0 fully saturated rings. The van der Waals surface area contributed by atoms with E-state index in [1.807, 2.05) is 13.8 Å². The number of benzene rings is 1. The summed E-state index contributed by atoms with van der Waals surface area (Å²) in [5.41, 5.74) is -0.0635. The Hall–Kier alpha value is -1.40. The maximum absolute atomic E-state index is 12.4. The lowest BCUT2D eigenvalue weighted by Gasteiger charge is -2.22. The standard InChI is InChI=1S/C14H18ClF2NO3/c1-8(2)11(5-6-19)18-13(20)10-7-9(15)3-4-12(10)21-14(16)17/h3-4,7-8,11,14,19H,5-6H2,1-2H3,(H,18,20). The quantitative estimate of drug-likeness (QED) is 0.811. The van der Waals surface area contributed by atoms with Crippen LogP contribution in [0.1, 0.15) is 30.6 Å². The number of alkyl halides is 2. The average Bonchev–Trinajstić information content (AvgIpc) is 2.39. The van der Waals surface area contributed by atoms with Crippen molar-refractivity contribution in [3.8, 4) is 5.75 Å². The highest BCUT2D eigenvalue weighted by Gasteiger charge is 2.21. The van der Waals surface area contributed by atoms with Gasteiger partial charge in [0.2, 0.25) is 0 Å². The van der Waals surface area contributed by atoms with E-state index in [4.69, 9.17) is 16.7 Å². The summed E-state index contributed by atoms with van der Waals surface area (Å²) in [6.07, 6.45) is 0.370. The Labute approximate surface area is 127 Å². The van der Waals surface area contributed by atoms with Crippen molar-refractivity contribution in [2.45, 2.75) is 32.9 Å². The highest BCUT2D eigenvalue weighted by atomic mass is 35.5. The van der Waals surface area contributed by atoms with Gasteiger partial charge in [0, 0.05) is 17.7 Å². The molecule has 0 aliphatic heterocycles. The van der Waals surface area contributed by atoms with Gasteiger partial charge in [0.1, 0.15) is 5.75 Å². The first-order valence-corrected chi connectivity index (χ1v) is 6.89. The molecule has 0 heterocycles. The Morgan fingerprint density at radius 3 is 2.62 bits per heavy atom. The van der Waals surface area contributed by atoms with Gasteiger partial charge < -0.3 is 15.2 Å². The fraction of sp³-hybridized carbons (Fsp3) is 0.500. The van der Waals surface area contributed by atoms with Crippen LogP contribution in [0.2, 0.25) is 5.02 Å². The maximum atomic E-state index is 12.4. The highest BCUT2D eigenvalue weighted by molar-refractivity contribution is 6.31. The van der Waals surface area contributed by atoms with Crippen LogP contribution in [-0.2, 0) is 0 Å². The minimum Gasteiger partial charge on any atom is -0.434 e. The molecular formula is C14H18ClF2NO3. The van der Waals surface area contributed by atoms with Crippen LogP contribution < -0.4 is 10.1 Å². The zero-order chi connectivity index (χ0) is 16.0. The fourth-order valence-electron chi connectivity index (χ4n) is 1.84. The Morgan fingerprint density at radius 1 is 1.43 bits per heavy atom. The molecule has 0 bridgehead atoms. The Balaban J connectivity index is 2.96. The van der Waals surface area contributed by atoms with Crippen LogP contribution in [0.3, 0.4) is 0 Å². The smallest absolute Gasteiger partial charge is 0.387 e. The Kier molecular flexibility index (Phi) is 6.84. The number of amides is 1. The van der Waals surface area contributed by atoms with Crippen molar-refractivity contribution in [3.63, 3.8) is 0 Å². The molecule has 0 aliphatic carbocycles. The lowest BCUT2D eigenvalue weighted by atomic mass is 10.0. The van der Waals surface area contributed by atoms with Crippen molar-refractivity contribution in [1.29, 1.82) is 0 Å². The fourth-order valence-corrected chi connectivity index (χ4v) is 2.01. The molecule has 2 N–H and O–H groups in total. The second-order valence-corrected chi connectivity index (χ2v) is 5.29. The number of carbonyl (C=O) groups excluding carboxylic acids is 1. The monoisotopic (exact) mass is 321 g/mol. The van der Waals surface area contributed by atoms with Gasteiger partial charge >= 0.3 is 6.61 Å². The summed E-state index contributed by atoms with van der Waals surface area (Å²) in [5.74, 6) is -0.724. The first-order valence-electron chi connectivity index (χ1n) is 6.51. The molecule has 0 spiro atoms. The zero-order valence-corrected chi connectivity index (χ0v) is 12.5.